The SMILES string of the molecule is CCNC(=O)[C@H](CC)N(Cc1cccc(OC)c1)C(=O)COc1ccc(C(C)C)cc1Br. The van der Waals surface area contributed by atoms with E-state index in [1.54, 1.807) is 12.0 Å². The van der Waals surface area contributed by atoms with Gasteiger partial charge in [-0.2, -0.15) is 0 Å². The number of rotatable bonds is 11. The molecule has 0 heterocycles. The normalized spacial score (nSPS) is 11.7. The second-order valence-electron chi connectivity index (χ2n) is 7.83. The van der Waals surface area contributed by atoms with Crippen molar-refractivity contribution in [2.45, 2.75) is 52.6 Å². The Kier molecular flexibility index (Phi) is 10.0. The number of methoxy groups -OCH3 is 1. The van der Waals surface area contributed by atoms with E-state index in [4.69, 9.17) is 9.47 Å². The molecule has 0 aliphatic carbocycles. The molecule has 2 amide bonds. The van der Waals surface area contributed by atoms with Gasteiger partial charge in [0.15, 0.2) is 6.61 Å². The number of carbonyl (C=O) groups is 2. The molecule has 0 radical (unpaired) electrons. The molecule has 0 bridgehead atoms. The summed E-state index contributed by atoms with van der Waals surface area (Å²) in [5.74, 6) is 1.25. The van der Waals surface area contributed by atoms with Crippen molar-refractivity contribution >= 4 is 27.7 Å². The van der Waals surface area contributed by atoms with Gasteiger partial charge in [-0.1, -0.05) is 39.0 Å². The average molecular weight is 505 g/mol. The van der Waals surface area contributed by atoms with E-state index >= 15 is 0 Å². The third-order valence-corrected chi connectivity index (χ3v) is 5.82. The van der Waals surface area contributed by atoms with Crippen molar-refractivity contribution in [3.05, 3.63) is 58.1 Å². The summed E-state index contributed by atoms with van der Waals surface area (Å²) in [6.45, 7) is 8.61. The van der Waals surface area contributed by atoms with Crippen LogP contribution in [0.4, 0.5) is 0 Å². The van der Waals surface area contributed by atoms with Gasteiger partial charge in [-0.25, -0.2) is 0 Å². The predicted molar refractivity (Wildman–Crippen MR) is 130 cm³/mol. The van der Waals surface area contributed by atoms with Gasteiger partial charge in [0, 0.05) is 13.1 Å². The van der Waals surface area contributed by atoms with Crippen LogP contribution in [0.15, 0.2) is 46.9 Å². The van der Waals surface area contributed by atoms with E-state index in [0.717, 1.165) is 10.0 Å². The minimum Gasteiger partial charge on any atom is -0.497 e. The lowest BCUT2D eigenvalue weighted by Crippen LogP contribution is -2.50. The van der Waals surface area contributed by atoms with Gasteiger partial charge in [0.2, 0.25) is 5.91 Å². The molecule has 2 aromatic rings. The Hall–Kier alpha value is -2.54. The second kappa shape index (κ2) is 12.5. The first-order valence-electron chi connectivity index (χ1n) is 10.9. The number of hydrogen-bond acceptors (Lipinski definition) is 4. The summed E-state index contributed by atoms with van der Waals surface area (Å²) < 4.78 is 11.9. The Bertz CT molecular complexity index is 917. The molecule has 2 aromatic carbocycles. The number of benzene rings is 2. The van der Waals surface area contributed by atoms with Crippen molar-refractivity contribution in [3.8, 4) is 11.5 Å². The summed E-state index contributed by atoms with van der Waals surface area (Å²) in [7, 11) is 1.60. The molecule has 0 aliphatic heterocycles. The Morgan fingerprint density at radius 3 is 2.47 bits per heavy atom. The van der Waals surface area contributed by atoms with Crippen LogP contribution >= 0.6 is 15.9 Å². The van der Waals surface area contributed by atoms with Crippen LogP contribution < -0.4 is 14.8 Å². The third-order valence-electron chi connectivity index (χ3n) is 5.20. The average Bonchev–Trinajstić information content (AvgIpc) is 2.78. The molecule has 1 N–H and O–H groups in total. The standard InChI is InChI=1S/C25H33BrN2O4/c1-6-22(25(30)27-7-2)28(15-18-9-8-10-20(13-18)31-5)24(29)16-32-23-12-11-19(17(3)4)14-21(23)26/h8-14,17,22H,6-7,15-16H2,1-5H3,(H,27,30)/t22-/m0/s1. The monoisotopic (exact) mass is 504 g/mol. The van der Waals surface area contributed by atoms with Gasteiger partial charge >= 0.3 is 0 Å². The lowest BCUT2D eigenvalue weighted by Gasteiger charge is -2.30. The van der Waals surface area contributed by atoms with Gasteiger partial charge < -0.3 is 19.7 Å². The van der Waals surface area contributed by atoms with E-state index in [1.165, 1.54) is 5.56 Å². The Morgan fingerprint density at radius 2 is 1.88 bits per heavy atom. The Morgan fingerprint density at radius 1 is 1.12 bits per heavy atom. The molecule has 2 rings (SSSR count). The minimum absolute atomic E-state index is 0.167. The lowest BCUT2D eigenvalue weighted by atomic mass is 10.0. The fourth-order valence-electron chi connectivity index (χ4n) is 3.39. The highest BCUT2D eigenvalue weighted by atomic mass is 79.9. The number of likely N-dealkylation sites (N-methyl/N-ethyl adjacent to an activating group) is 1. The topological polar surface area (TPSA) is 67.9 Å². The first-order chi connectivity index (χ1) is 15.3. The first-order valence-corrected chi connectivity index (χ1v) is 11.7. The lowest BCUT2D eigenvalue weighted by molar-refractivity contribution is -0.142. The molecule has 0 aliphatic rings. The number of ether oxygens (including phenoxy) is 2. The van der Waals surface area contributed by atoms with E-state index in [1.807, 2.05) is 56.3 Å². The third kappa shape index (κ3) is 6.99. The van der Waals surface area contributed by atoms with Gasteiger partial charge in [-0.05, 0) is 70.6 Å². The molecule has 0 aromatic heterocycles. The van der Waals surface area contributed by atoms with Crippen LogP contribution in [0.2, 0.25) is 0 Å². The molecular weight excluding hydrogens is 472 g/mol. The quantitative estimate of drug-likeness (QED) is 0.472. The molecule has 174 valence electrons. The van der Waals surface area contributed by atoms with Gasteiger partial charge in [0.1, 0.15) is 17.5 Å². The van der Waals surface area contributed by atoms with E-state index in [-0.39, 0.29) is 25.0 Å². The van der Waals surface area contributed by atoms with Crippen LogP contribution in [0.5, 0.6) is 11.5 Å². The van der Waals surface area contributed by atoms with Crippen LogP contribution in [-0.4, -0.2) is 43.0 Å². The van der Waals surface area contributed by atoms with Crippen molar-refractivity contribution in [2.24, 2.45) is 0 Å². The predicted octanol–water partition coefficient (Wildman–Crippen LogP) is 4.90. The molecule has 0 fully saturated rings. The van der Waals surface area contributed by atoms with Crippen molar-refractivity contribution in [1.29, 1.82) is 0 Å². The van der Waals surface area contributed by atoms with Crippen LogP contribution in [0.25, 0.3) is 0 Å². The highest BCUT2D eigenvalue weighted by molar-refractivity contribution is 9.10. The molecule has 1 atom stereocenters. The van der Waals surface area contributed by atoms with Gasteiger partial charge in [0.05, 0.1) is 11.6 Å². The number of carbonyl (C=O) groups excluding carboxylic acids is 2. The molecule has 0 spiro atoms. The van der Waals surface area contributed by atoms with E-state index in [9.17, 15) is 9.59 Å². The highest BCUT2D eigenvalue weighted by Gasteiger charge is 2.29. The van der Waals surface area contributed by atoms with Crippen molar-refractivity contribution in [3.63, 3.8) is 0 Å². The zero-order chi connectivity index (χ0) is 23.7. The number of halogens is 1. The smallest absolute Gasteiger partial charge is 0.261 e. The van der Waals surface area contributed by atoms with E-state index in [0.29, 0.717) is 30.4 Å². The Labute approximate surface area is 199 Å². The van der Waals surface area contributed by atoms with Crippen LogP contribution in [0.1, 0.15) is 51.2 Å². The Balaban J connectivity index is 2.23. The molecule has 6 nitrogen and oxygen atoms in total. The number of hydrogen-bond donors (Lipinski definition) is 1. The number of nitrogens with one attached hydrogen (secondary N) is 1. The second-order valence-corrected chi connectivity index (χ2v) is 8.68. The van der Waals surface area contributed by atoms with Crippen LogP contribution in [-0.2, 0) is 16.1 Å². The summed E-state index contributed by atoms with van der Waals surface area (Å²) in [5, 5.41) is 2.83. The molecular formula is C25H33BrN2O4. The zero-order valence-corrected chi connectivity index (χ0v) is 21.1. The van der Waals surface area contributed by atoms with E-state index < -0.39 is 6.04 Å². The first kappa shape index (κ1) is 25.7. The fraction of sp³-hybridized carbons (Fsp3) is 0.440. The maximum atomic E-state index is 13.2. The summed E-state index contributed by atoms with van der Waals surface area (Å²) >= 11 is 3.53. The van der Waals surface area contributed by atoms with E-state index in [2.05, 4.69) is 35.1 Å². The maximum Gasteiger partial charge on any atom is 0.261 e. The van der Waals surface area contributed by atoms with Crippen LogP contribution in [0, 0.1) is 0 Å². The molecule has 32 heavy (non-hydrogen) atoms. The summed E-state index contributed by atoms with van der Waals surface area (Å²) in [6, 6.07) is 12.8. The van der Waals surface area contributed by atoms with Crippen molar-refractivity contribution in [1.82, 2.24) is 10.2 Å². The molecule has 0 unspecified atom stereocenters. The molecule has 7 heteroatoms. The minimum atomic E-state index is -0.594. The van der Waals surface area contributed by atoms with Crippen molar-refractivity contribution in [2.75, 3.05) is 20.3 Å². The summed E-state index contributed by atoms with van der Waals surface area (Å²) in [4.78, 5) is 27.5. The molecule has 0 saturated carbocycles. The van der Waals surface area contributed by atoms with Crippen LogP contribution in [0.3, 0.4) is 0 Å². The molecule has 0 saturated heterocycles. The fourth-order valence-corrected chi connectivity index (χ4v) is 3.91. The van der Waals surface area contributed by atoms with Gasteiger partial charge in [0.25, 0.3) is 5.91 Å². The van der Waals surface area contributed by atoms with Gasteiger partial charge in [-0.3, -0.25) is 9.59 Å². The number of amides is 2. The zero-order valence-electron chi connectivity index (χ0n) is 19.5. The van der Waals surface area contributed by atoms with Gasteiger partial charge in [-0.15, -0.1) is 0 Å². The highest BCUT2D eigenvalue weighted by Crippen LogP contribution is 2.29. The summed E-state index contributed by atoms with van der Waals surface area (Å²) in [6.07, 6.45) is 0.494. The number of nitrogens with zero attached hydrogens (tertiary/aromatic N) is 1. The largest absolute Gasteiger partial charge is 0.497 e. The maximum absolute atomic E-state index is 13.2. The summed E-state index contributed by atoms with van der Waals surface area (Å²) in [5.41, 5.74) is 2.06. The van der Waals surface area contributed by atoms with Crippen molar-refractivity contribution < 1.29 is 19.1 Å².